The molecule has 1 aliphatic heterocycles. The lowest BCUT2D eigenvalue weighted by Crippen LogP contribution is -2.39. The van der Waals surface area contributed by atoms with Crippen molar-refractivity contribution in [1.82, 2.24) is 5.32 Å². The van der Waals surface area contributed by atoms with Crippen molar-refractivity contribution in [3.05, 3.63) is 36.4 Å². The zero-order valence-electron chi connectivity index (χ0n) is 12.7. The number of hydrogen-bond acceptors (Lipinski definition) is 4. The summed E-state index contributed by atoms with van der Waals surface area (Å²) in [6.07, 6.45) is 2.28. The van der Waals surface area contributed by atoms with Crippen LogP contribution >= 0.6 is 0 Å². The van der Waals surface area contributed by atoms with Crippen LogP contribution in [0.1, 0.15) is 12.0 Å². The Kier molecular flexibility index (Phi) is 4.75. The largest absolute Gasteiger partial charge is 0.478 e. The highest BCUT2D eigenvalue weighted by Crippen LogP contribution is 2.34. The number of ether oxygens (including phenoxy) is 1. The summed E-state index contributed by atoms with van der Waals surface area (Å²) in [7, 11) is -3.44. The molecule has 0 saturated heterocycles. The zero-order chi connectivity index (χ0) is 16.3. The van der Waals surface area contributed by atoms with E-state index in [-0.39, 0.29) is 18.9 Å². The molecule has 1 atom stereocenters. The molecule has 6 nitrogen and oxygen atoms in total. The van der Waals surface area contributed by atoms with Crippen molar-refractivity contribution in [1.29, 1.82) is 0 Å². The first-order chi connectivity index (χ1) is 10.3. The molecule has 22 heavy (non-hydrogen) atoms. The van der Waals surface area contributed by atoms with Crippen molar-refractivity contribution in [3.8, 4) is 5.75 Å². The Balaban J connectivity index is 2.36. The van der Waals surface area contributed by atoms with Gasteiger partial charge in [0, 0.05) is 19.5 Å². The Labute approximate surface area is 130 Å². The van der Waals surface area contributed by atoms with Crippen molar-refractivity contribution < 1.29 is 17.9 Å². The van der Waals surface area contributed by atoms with Crippen LogP contribution in [0.4, 0.5) is 5.69 Å². The molecule has 0 radical (unpaired) electrons. The molecule has 1 aromatic rings. The summed E-state index contributed by atoms with van der Waals surface area (Å²) in [6.45, 7) is 5.96. The van der Waals surface area contributed by atoms with E-state index in [1.807, 2.05) is 13.0 Å². The van der Waals surface area contributed by atoms with Gasteiger partial charge in [-0.05, 0) is 24.6 Å². The summed E-state index contributed by atoms with van der Waals surface area (Å²) in [5.74, 6) is 0.119. The zero-order valence-corrected chi connectivity index (χ0v) is 13.5. The topological polar surface area (TPSA) is 75.7 Å². The fourth-order valence-corrected chi connectivity index (χ4v) is 3.24. The number of carbonyl (C=O) groups is 1. The fourth-order valence-electron chi connectivity index (χ4n) is 2.30. The van der Waals surface area contributed by atoms with Crippen molar-refractivity contribution in [2.24, 2.45) is 0 Å². The number of benzene rings is 1. The van der Waals surface area contributed by atoms with Crippen molar-refractivity contribution >= 4 is 21.6 Å². The Bertz CT molecular complexity index is 685. The maximum absolute atomic E-state index is 12.1. The molecular formula is C15H20N2O4S. The molecule has 7 heteroatoms. The van der Waals surface area contributed by atoms with Gasteiger partial charge in [-0.15, -0.1) is 6.58 Å². The number of rotatable bonds is 4. The molecule has 0 unspecified atom stereocenters. The highest BCUT2D eigenvalue weighted by atomic mass is 32.2. The molecule has 0 aliphatic carbocycles. The van der Waals surface area contributed by atoms with Gasteiger partial charge in [-0.25, -0.2) is 8.42 Å². The van der Waals surface area contributed by atoms with E-state index in [9.17, 15) is 13.2 Å². The highest BCUT2D eigenvalue weighted by Gasteiger charge is 2.30. The lowest BCUT2D eigenvalue weighted by Gasteiger charge is -2.21. The SMILES string of the molecule is C=CCNC(=O)[C@@H]1CCN(S(C)(=O)=O)c2cc(C)ccc2O1. The predicted octanol–water partition coefficient (Wildman–Crippen LogP) is 1.21. The summed E-state index contributed by atoms with van der Waals surface area (Å²) >= 11 is 0. The van der Waals surface area contributed by atoms with E-state index in [1.54, 1.807) is 18.2 Å². The summed E-state index contributed by atoms with van der Waals surface area (Å²) in [6, 6.07) is 5.27. The number of anilines is 1. The number of nitrogens with zero attached hydrogens (tertiary/aromatic N) is 1. The smallest absolute Gasteiger partial charge is 0.261 e. The lowest BCUT2D eigenvalue weighted by atomic mass is 10.2. The highest BCUT2D eigenvalue weighted by molar-refractivity contribution is 7.92. The minimum atomic E-state index is -3.44. The minimum Gasteiger partial charge on any atom is -0.478 e. The van der Waals surface area contributed by atoms with Crippen LogP contribution in [-0.4, -0.2) is 39.8 Å². The number of carbonyl (C=O) groups excluding carboxylic acids is 1. The monoisotopic (exact) mass is 324 g/mol. The molecule has 0 fully saturated rings. The second-order valence-electron chi connectivity index (χ2n) is 5.24. The fraction of sp³-hybridized carbons (Fsp3) is 0.400. The quantitative estimate of drug-likeness (QED) is 0.845. The number of nitrogens with one attached hydrogen (secondary N) is 1. The maximum Gasteiger partial charge on any atom is 0.261 e. The first-order valence-electron chi connectivity index (χ1n) is 6.96. The van der Waals surface area contributed by atoms with Crippen LogP contribution in [0, 0.1) is 6.92 Å². The van der Waals surface area contributed by atoms with Gasteiger partial charge in [0.05, 0.1) is 11.9 Å². The van der Waals surface area contributed by atoms with Crippen LogP contribution in [0.15, 0.2) is 30.9 Å². The second-order valence-corrected chi connectivity index (χ2v) is 7.14. The van der Waals surface area contributed by atoms with Gasteiger partial charge in [-0.1, -0.05) is 12.1 Å². The first kappa shape index (κ1) is 16.4. The molecule has 0 saturated carbocycles. The number of sulfonamides is 1. The van der Waals surface area contributed by atoms with Gasteiger partial charge >= 0.3 is 0 Å². The van der Waals surface area contributed by atoms with Gasteiger partial charge < -0.3 is 10.1 Å². The number of hydrogen-bond donors (Lipinski definition) is 1. The van der Waals surface area contributed by atoms with Crippen molar-refractivity contribution in [2.45, 2.75) is 19.4 Å². The third-order valence-electron chi connectivity index (χ3n) is 3.36. The van der Waals surface area contributed by atoms with Crippen LogP contribution in [-0.2, 0) is 14.8 Å². The van der Waals surface area contributed by atoms with Crippen LogP contribution in [0.5, 0.6) is 5.75 Å². The molecule has 1 aromatic carbocycles. The van der Waals surface area contributed by atoms with Gasteiger partial charge in [-0.2, -0.15) is 0 Å². The van der Waals surface area contributed by atoms with Gasteiger partial charge in [0.2, 0.25) is 10.0 Å². The van der Waals surface area contributed by atoms with E-state index < -0.39 is 16.1 Å². The summed E-state index contributed by atoms with van der Waals surface area (Å²) in [5, 5.41) is 2.68. The van der Waals surface area contributed by atoms with Gasteiger partial charge in [0.25, 0.3) is 5.91 Å². The van der Waals surface area contributed by atoms with Crippen LogP contribution in [0.2, 0.25) is 0 Å². The van der Waals surface area contributed by atoms with Crippen LogP contribution < -0.4 is 14.4 Å². The normalized spacial score (nSPS) is 17.9. The molecule has 1 heterocycles. The standard InChI is InChI=1S/C15H20N2O4S/c1-4-8-16-15(18)14-7-9-17(22(3,19)20)12-10-11(2)5-6-13(12)21-14/h4-6,10,14H,1,7-9H2,2-3H3,(H,16,18)/t14-/m0/s1. The third-order valence-corrected chi connectivity index (χ3v) is 4.54. The Morgan fingerprint density at radius 2 is 2.27 bits per heavy atom. The molecule has 120 valence electrons. The Morgan fingerprint density at radius 3 is 2.91 bits per heavy atom. The minimum absolute atomic E-state index is 0.196. The van der Waals surface area contributed by atoms with E-state index in [1.165, 1.54) is 4.31 Å². The summed E-state index contributed by atoms with van der Waals surface area (Å²) in [4.78, 5) is 12.1. The van der Waals surface area contributed by atoms with Crippen molar-refractivity contribution in [3.63, 3.8) is 0 Å². The van der Waals surface area contributed by atoms with Gasteiger partial charge in [-0.3, -0.25) is 9.10 Å². The number of fused-ring (bicyclic) bond motifs is 1. The summed E-state index contributed by atoms with van der Waals surface area (Å²) in [5.41, 5.74) is 1.40. The van der Waals surface area contributed by atoms with E-state index in [0.717, 1.165) is 11.8 Å². The maximum atomic E-state index is 12.1. The molecule has 1 amide bonds. The average Bonchev–Trinajstić information content (AvgIpc) is 2.63. The average molecular weight is 324 g/mol. The van der Waals surface area contributed by atoms with E-state index in [2.05, 4.69) is 11.9 Å². The summed E-state index contributed by atoms with van der Waals surface area (Å²) < 4.78 is 31.1. The van der Waals surface area contributed by atoms with Crippen LogP contribution in [0.3, 0.4) is 0 Å². The van der Waals surface area contributed by atoms with E-state index in [0.29, 0.717) is 18.0 Å². The van der Waals surface area contributed by atoms with Crippen LogP contribution in [0.25, 0.3) is 0 Å². The van der Waals surface area contributed by atoms with Crippen molar-refractivity contribution in [2.75, 3.05) is 23.7 Å². The number of amides is 1. The second kappa shape index (κ2) is 6.39. The van der Waals surface area contributed by atoms with E-state index in [4.69, 9.17) is 4.74 Å². The molecule has 0 bridgehead atoms. The molecule has 1 N–H and O–H groups in total. The molecular weight excluding hydrogens is 304 g/mol. The molecule has 1 aliphatic rings. The Morgan fingerprint density at radius 1 is 1.55 bits per heavy atom. The third kappa shape index (κ3) is 3.59. The van der Waals surface area contributed by atoms with Gasteiger partial charge in [0.1, 0.15) is 5.75 Å². The predicted molar refractivity (Wildman–Crippen MR) is 85.6 cm³/mol. The Hall–Kier alpha value is -2.02. The first-order valence-corrected chi connectivity index (χ1v) is 8.81. The molecule has 0 aromatic heterocycles. The van der Waals surface area contributed by atoms with E-state index >= 15 is 0 Å². The number of aryl methyl sites for hydroxylation is 1. The lowest BCUT2D eigenvalue weighted by molar-refractivity contribution is -0.127. The molecule has 0 spiro atoms. The molecule has 2 rings (SSSR count). The van der Waals surface area contributed by atoms with Gasteiger partial charge in [0.15, 0.2) is 6.10 Å².